The fraction of sp³-hybridized carbons (Fsp3) is 0.250. The normalized spacial score (nSPS) is 10.8. The highest BCUT2D eigenvalue weighted by Crippen LogP contribution is 2.25. The number of aromatic nitrogens is 3. The summed E-state index contributed by atoms with van der Waals surface area (Å²) >= 11 is 0. The van der Waals surface area contributed by atoms with Gasteiger partial charge in [-0.3, -0.25) is 0 Å². The van der Waals surface area contributed by atoms with Crippen molar-refractivity contribution in [2.45, 2.75) is 27.2 Å². The average molecular weight is 349 g/mol. The van der Waals surface area contributed by atoms with Crippen LogP contribution in [0, 0.1) is 12.8 Å². The number of anilines is 4. The molecule has 3 aromatic rings. The maximum atomic E-state index is 9.97. The molecule has 0 aliphatic carbocycles. The molecule has 0 fully saturated rings. The van der Waals surface area contributed by atoms with Crippen LogP contribution in [-0.4, -0.2) is 20.1 Å². The monoisotopic (exact) mass is 349 g/mol. The molecule has 134 valence electrons. The smallest absolute Gasteiger partial charge is 0.232 e. The summed E-state index contributed by atoms with van der Waals surface area (Å²) in [6, 6.07) is 15.0. The first-order valence-corrected chi connectivity index (χ1v) is 8.63. The number of para-hydroxylation sites is 2. The quantitative estimate of drug-likeness (QED) is 0.565. The van der Waals surface area contributed by atoms with E-state index in [0.29, 0.717) is 29.3 Å². The van der Waals surface area contributed by atoms with Gasteiger partial charge >= 0.3 is 0 Å². The van der Waals surface area contributed by atoms with Crippen LogP contribution in [0.2, 0.25) is 0 Å². The fourth-order valence-corrected chi connectivity index (χ4v) is 2.54. The Labute approximate surface area is 153 Å². The lowest BCUT2D eigenvalue weighted by Crippen LogP contribution is -2.09. The van der Waals surface area contributed by atoms with Gasteiger partial charge in [0.1, 0.15) is 11.6 Å². The fourth-order valence-electron chi connectivity index (χ4n) is 2.54. The number of phenols is 1. The molecule has 0 aliphatic heterocycles. The van der Waals surface area contributed by atoms with Crippen molar-refractivity contribution in [2.24, 2.45) is 5.92 Å². The Balaban J connectivity index is 1.92. The summed E-state index contributed by atoms with van der Waals surface area (Å²) in [7, 11) is 0. The highest BCUT2D eigenvalue weighted by Gasteiger charge is 2.10. The molecule has 0 aliphatic rings. The largest absolute Gasteiger partial charge is 0.506 e. The molecular weight excluding hydrogens is 326 g/mol. The van der Waals surface area contributed by atoms with Crippen LogP contribution >= 0.6 is 0 Å². The first kappa shape index (κ1) is 17.7. The van der Waals surface area contributed by atoms with Crippen molar-refractivity contribution in [3.05, 3.63) is 59.9 Å². The Bertz CT molecular complexity index is 895. The number of aryl methyl sites for hydroxylation is 1. The summed E-state index contributed by atoms with van der Waals surface area (Å²) in [5, 5.41) is 16.3. The van der Waals surface area contributed by atoms with Gasteiger partial charge in [-0.1, -0.05) is 38.1 Å². The second-order valence-electron chi connectivity index (χ2n) is 6.63. The Morgan fingerprint density at radius 3 is 2.35 bits per heavy atom. The number of hydrogen-bond acceptors (Lipinski definition) is 6. The van der Waals surface area contributed by atoms with Crippen LogP contribution in [0.4, 0.5) is 23.3 Å². The van der Waals surface area contributed by atoms with Crippen molar-refractivity contribution in [1.29, 1.82) is 0 Å². The molecule has 2 aromatic carbocycles. The lowest BCUT2D eigenvalue weighted by molar-refractivity contribution is 0.477. The molecule has 6 heteroatoms. The zero-order chi connectivity index (χ0) is 18.5. The Kier molecular flexibility index (Phi) is 5.31. The number of hydrogen-bond donors (Lipinski definition) is 3. The van der Waals surface area contributed by atoms with Crippen molar-refractivity contribution >= 4 is 23.3 Å². The summed E-state index contributed by atoms with van der Waals surface area (Å²) in [4.78, 5) is 13.5. The minimum absolute atomic E-state index is 0.145. The van der Waals surface area contributed by atoms with Gasteiger partial charge in [-0.15, -0.1) is 0 Å². The summed E-state index contributed by atoms with van der Waals surface area (Å²) in [6.07, 6.45) is 0.737. The standard InChI is InChI=1S/C20H23N5O/c1-13(2)11-18-23-19(21-15-8-6-7-14(3)12-15)25-20(24-18)22-16-9-4-5-10-17(16)26/h4-10,12-13,26H,11H2,1-3H3,(H2,21,22,23,24,25). The molecule has 0 spiro atoms. The van der Waals surface area contributed by atoms with Gasteiger partial charge in [-0.25, -0.2) is 0 Å². The molecule has 0 amide bonds. The van der Waals surface area contributed by atoms with Crippen molar-refractivity contribution in [2.75, 3.05) is 10.6 Å². The van der Waals surface area contributed by atoms with Gasteiger partial charge in [0.05, 0.1) is 5.69 Å². The summed E-state index contributed by atoms with van der Waals surface area (Å²) in [6.45, 7) is 6.27. The van der Waals surface area contributed by atoms with Crippen molar-refractivity contribution in [3.8, 4) is 5.75 Å². The number of rotatable bonds is 6. The van der Waals surface area contributed by atoms with Gasteiger partial charge in [-0.2, -0.15) is 15.0 Å². The molecule has 0 saturated carbocycles. The minimum atomic E-state index is 0.145. The van der Waals surface area contributed by atoms with Crippen molar-refractivity contribution < 1.29 is 5.11 Å². The second kappa shape index (κ2) is 7.82. The number of nitrogens with zero attached hydrogens (tertiary/aromatic N) is 3. The lowest BCUT2D eigenvalue weighted by atomic mass is 10.1. The van der Waals surface area contributed by atoms with E-state index in [1.807, 2.05) is 37.3 Å². The van der Waals surface area contributed by atoms with E-state index in [1.54, 1.807) is 18.2 Å². The first-order chi connectivity index (χ1) is 12.5. The van der Waals surface area contributed by atoms with Crippen LogP contribution in [0.15, 0.2) is 48.5 Å². The number of phenolic OH excluding ortho intramolecular Hbond substituents is 1. The molecule has 1 heterocycles. The minimum Gasteiger partial charge on any atom is -0.506 e. The van der Waals surface area contributed by atoms with E-state index in [9.17, 15) is 5.11 Å². The molecule has 1 aromatic heterocycles. The van der Waals surface area contributed by atoms with Crippen LogP contribution < -0.4 is 10.6 Å². The highest BCUT2D eigenvalue weighted by molar-refractivity contribution is 5.63. The van der Waals surface area contributed by atoms with E-state index < -0.39 is 0 Å². The third-order valence-corrected chi connectivity index (χ3v) is 3.70. The molecule has 0 atom stereocenters. The molecule has 3 N–H and O–H groups in total. The van der Waals surface area contributed by atoms with Gasteiger partial charge in [0, 0.05) is 12.1 Å². The van der Waals surface area contributed by atoms with Crippen LogP contribution in [0.25, 0.3) is 0 Å². The van der Waals surface area contributed by atoms with Gasteiger partial charge < -0.3 is 15.7 Å². The third kappa shape index (κ3) is 4.69. The van der Waals surface area contributed by atoms with Crippen molar-refractivity contribution in [1.82, 2.24) is 15.0 Å². The zero-order valence-electron chi connectivity index (χ0n) is 15.2. The Morgan fingerprint density at radius 2 is 1.65 bits per heavy atom. The van der Waals surface area contributed by atoms with Crippen LogP contribution in [0.3, 0.4) is 0 Å². The molecule has 0 bridgehead atoms. The average Bonchev–Trinajstić information content (AvgIpc) is 2.56. The predicted octanol–water partition coefficient (Wildman–Crippen LogP) is 4.57. The molecule has 26 heavy (non-hydrogen) atoms. The third-order valence-electron chi connectivity index (χ3n) is 3.70. The van der Waals surface area contributed by atoms with E-state index in [2.05, 4.69) is 39.4 Å². The lowest BCUT2D eigenvalue weighted by Gasteiger charge is -2.12. The Morgan fingerprint density at radius 1 is 0.923 bits per heavy atom. The van der Waals surface area contributed by atoms with Gasteiger partial charge in [-0.05, 0) is 42.7 Å². The molecular formula is C20H23N5O. The molecule has 3 rings (SSSR count). The number of nitrogens with one attached hydrogen (secondary N) is 2. The van der Waals surface area contributed by atoms with E-state index >= 15 is 0 Å². The highest BCUT2D eigenvalue weighted by atomic mass is 16.3. The molecule has 6 nitrogen and oxygen atoms in total. The zero-order valence-corrected chi connectivity index (χ0v) is 15.2. The van der Waals surface area contributed by atoms with Crippen LogP contribution in [0.5, 0.6) is 5.75 Å². The molecule has 0 saturated heterocycles. The van der Waals surface area contributed by atoms with Gasteiger partial charge in [0.15, 0.2) is 0 Å². The maximum absolute atomic E-state index is 9.97. The van der Waals surface area contributed by atoms with E-state index in [0.717, 1.165) is 17.7 Å². The summed E-state index contributed by atoms with van der Waals surface area (Å²) < 4.78 is 0. The molecule has 0 unspecified atom stereocenters. The van der Waals surface area contributed by atoms with E-state index in [4.69, 9.17) is 0 Å². The topological polar surface area (TPSA) is 83.0 Å². The van der Waals surface area contributed by atoms with Crippen LogP contribution in [0.1, 0.15) is 25.2 Å². The van der Waals surface area contributed by atoms with E-state index in [-0.39, 0.29) is 5.75 Å². The SMILES string of the molecule is Cc1cccc(Nc2nc(CC(C)C)nc(Nc3ccccc3O)n2)c1. The van der Waals surface area contributed by atoms with E-state index in [1.165, 1.54) is 0 Å². The predicted molar refractivity (Wildman–Crippen MR) is 104 cm³/mol. The van der Waals surface area contributed by atoms with Crippen molar-refractivity contribution in [3.63, 3.8) is 0 Å². The van der Waals surface area contributed by atoms with Gasteiger partial charge in [0.2, 0.25) is 11.9 Å². The summed E-state index contributed by atoms with van der Waals surface area (Å²) in [5.41, 5.74) is 2.62. The molecule has 0 radical (unpaired) electrons. The first-order valence-electron chi connectivity index (χ1n) is 8.63. The van der Waals surface area contributed by atoms with Gasteiger partial charge in [0.25, 0.3) is 0 Å². The van der Waals surface area contributed by atoms with Crippen LogP contribution in [-0.2, 0) is 6.42 Å². The second-order valence-corrected chi connectivity index (χ2v) is 6.63. The number of aromatic hydroxyl groups is 1. The summed E-state index contributed by atoms with van der Waals surface area (Å²) in [5.74, 6) is 2.13. The Hall–Kier alpha value is -3.15. The number of benzene rings is 2. The maximum Gasteiger partial charge on any atom is 0.232 e.